The summed E-state index contributed by atoms with van der Waals surface area (Å²) in [5.41, 5.74) is 2.77. The zero-order chi connectivity index (χ0) is 8.85. The third-order valence-electron chi connectivity index (χ3n) is 1.59. The van der Waals surface area contributed by atoms with Crippen molar-refractivity contribution in [1.82, 2.24) is 0 Å². The first-order valence-electron chi connectivity index (χ1n) is 3.78. The number of hydrogen-bond donors (Lipinski definition) is 0. The molecular weight excluding hydrogens is 136 g/mol. The Morgan fingerprint density at radius 2 is 1.91 bits per heavy atom. The van der Waals surface area contributed by atoms with Crippen molar-refractivity contribution in [3.8, 4) is 0 Å². The van der Waals surface area contributed by atoms with Crippen LogP contribution in [0.1, 0.15) is 27.2 Å². The van der Waals surface area contributed by atoms with Gasteiger partial charge < -0.3 is 0 Å². The van der Waals surface area contributed by atoms with Crippen LogP contribution in [0.4, 0.5) is 0 Å². The van der Waals surface area contributed by atoms with Gasteiger partial charge in [-0.2, -0.15) is 0 Å². The molecule has 0 aliphatic heterocycles. The maximum Gasteiger partial charge on any atom is 0.0764 e. The molecule has 0 N–H and O–H groups in total. The van der Waals surface area contributed by atoms with Crippen LogP contribution in [0.15, 0.2) is 22.3 Å². The van der Waals surface area contributed by atoms with Crippen LogP contribution in [0.3, 0.4) is 0 Å². The van der Waals surface area contributed by atoms with E-state index in [9.17, 15) is 0 Å². The van der Waals surface area contributed by atoms with E-state index in [1.165, 1.54) is 0 Å². The molecule has 62 valence electrons. The van der Waals surface area contributed by atoms with E-state index in [1.54, 1.807) is 7.05 Å². The quantitative estimate of drug-likeness (QED) is 0.555. The number of allylic oxidation sites excluding steroid dienone is 1. The second-order valence-corrected chi connectivity index (χ2v) is 2.46. The summed E-state index contributed by atoms with van der Waals surface area (Å²) in [4.78, 5) is 8.24. The summed E-state index contributed by atoms with van der Waals surface area (Å²) in [6.45, 7) is 9.77. The van der Waals surface area contributed by atoms with Crippen LogP contribution < -0.4 is 0 Å². The zero-order valence-corrected chi connectivity index (χ0v) is 7.81. The van der Waals surface area contributed by atoms with Gasteiger partial charge in [-0.25, -0.2) is 0 Å². The topological polar surface area (TPSA) is 24.7 Å². The number of nitrogens with zero attached hydrogens (tertiary/aromatic N) is 2. The van der Waals surface area contributed by atoms with Crippen molar-refractivity contribution < 1.29 is 0 Å². The Hall–Kier alpha value is -0.920. The normalized spacial score (nSPS) is 13.5. The Morgan fingerprint density at radius 3 is 2.27 bits per heavy atom. The van der Waals surface area contributed by atoms with Crippen molar-refractivity contribution in [1.29, 1.82) is 0 Å². The lowest BCUT2D eigenvalue weighted by Crippen LogP contribution is -1.96. The summed E-state index contributed by atoms with van der Waals surface area (Å²) in [5, 5.41) is 0. The maximum atomic E-state index is 4.26. The van der Waals surface area contributed by atoms with Crippen LogP contribution in [-0.4, -0.2) is 18.5 Å². The van der Waals surface area contributed by atoms with Gasteiger partial charge in [0.1, 0.15) is 0 Å². The molecule has 0 aromatic rings. The SMILES string of the molecule is C=C(N=C(C)CC)C(C)=NC. The predicted molar refractivity (Wildman–Crippen MR) is 51.6 cm³/mol. The zero-order valence-electron chi connectivity index (χ0n) is 7.81. The summed E-state index contributed by atoms with van der Waals surface area (Å²) >= 11 is 0. The molecule has 0 heterocycles. The van der Waals surface area contributed by atoms with E-state index in [-0.39, 0.29) is 0 Å². The fourth-order valence-corrected chi connectivity index (χ4v) is 0.519. The average Bonchev–Trinajstić information content (AvgIpc) is 2.02. The summed E-state index contributed by atoms with van der Waals surface area (Å²) in [6.07, 6.45) is 0.968. The third-order valence-corrected chi connectivity index (χ3v) is 1.59. The summed E-state index contributed by atoms with van der Waals surface area (Å²) in [6, 6.07) is 0. The molecule has 2 nitrogen and oxygen atoms in total. The van der Waals surface area contributed by atoms with E-state index in [4.69, 9.17) is 0 Å². The number of rotatable bonds is 3. The van der Waals surface area contributed by atoms with Crippen molar-refractivity contribution in [3.63, 3.8) is 0 Å². The predicted octanol–water partition coefficient (Wildman–Crippen LogP) is 2.46. The maximum absolute atomic E-state index is 4.26. The first kappa shape index (κ1) is 10.1. The minimum absolute atomic E-state index is 0.770. The van der Waals surface area contributed by atoms with Crippen LogP contribution in [0, 0.1) is 0 Å². The lowest BCUT2D eigenvalue weighted by molar-refractivity contribution is 1.24. The van der Waals surface area contributed by atoms with Crippen LogP contribution in [0.5, 0.6) is 0 Å². The molecule has 0 aromatic carbocycles. The highest BCUT2D eigenvalue weighted by Crippen LogP contribution is 1.98. The standard InChI is InChI=1S/C9H16N2/c1-6-7(2)11-9(4)8(3)10-5/h4,6H2,1-3,5H3. The molecule has 0 unspecified atom stereocenters. The van der Waals surface area contributed by atoms with Gasteiger partial charge in [0, 0.05) is 12.8 Å². The lowest BCUT2D eigenvalue weighted by Gasteiger charge is -1.98. The van der Waals surface area contributed by atoms with E-state index in [2.05, 4.69) is 23.5 Å². The van der Waals surface area contributed by atoms with Crippen LogP contribution in [-0.2, 0) is 0 Å². The molecule has 0 saturated heterocycles. The van der Waals surface area contributed by atoms with E-state index in [1.807, 2.05) is 13.8 Å². The van der Waals surface area contributed by atoms with E-state index < -0.39 is 0 Å². The summed E-state index contributed by atoms with van der Waals surface area (Å²) in [7, 11) is 1.75. The van der Waals surface area contributed by atoms with Gasteiger partial charge in [-0.1, -0.05) is 13.5 Å². The fourth-order valence-electron chi connectivity index (χ4n) is 0.519. The minimum atomic E-state index is 0.770. The Kier molecular flexibility index (Phi) is 4.42. The van der Waals surface area contributed by atoms with Gasteiger partial charge in [-0.3, -0.25) is 9.98 Å². The van der Waals surface area contributed by atoms with E-state index in [0.717, 1.165) is 23.5 Å². The second kappa shape index (κ2) is 4.83. The molecule has 0 aliphatic rings. The molecule has 0 spiro atoms. The summed E-state index contributed by atoms with van der Waals surface area (Å²) in [5.74, 6) is 0. The van der Waals surface area contributed by atoms with Gasteiger partial charge in [0.25, 0.3) is 0 Å². The van der Waals surface area contributed by atoms with Crippen LogP contribution >= 0.6 is 0 Å². The van der Waals surface area contributed by atoms with Gasteiger partial charge in [0.2, 0.25) is 0 Å². The second-order valence-electron chi connectivity index (χ2n) is 2.46. The van der Waals surface area contributed by atoms with Crippen LogP contribution in [0.25, 0.3) is 0 Å². The van der Waals surface area contributed by atoms with E-state index >= 15 is 0 Å². The van der Waals surface area contributed by atoms with Gasteiger partial charge in [0.05, 0.1) is 11.4 Å². The lowest BCUT2D eigenvalue weighted by atomic mass is 10.3. The first-order chi connectivity index (χ1) is 5.11. The molecule has 2 heteroatoms. The molecule has 0 rings (SSSR count). The first-order valence-corrected chi connectivity index (χ1v) is 3.78. The molecule has 0 radical (unpaired) electrons. The molecular formula is C9H16N2. The van der Waals surface area contributed by atoms with Gasteiger partial charge in [-0.15, -0.1) is 0 Å². The Morgan fingerprint density at radius 1 is 1.36 bits per heavy atom. The van der Waals surface area contributed by atoms with Crippen molar-refractivity contribution in [2.75, 3.05) is 7.05 Å². The fraction of sp³-hybridized carbons (Fsp3) is 0.556. The number of hydrogen-bond acceptors (Lipinski definition) is 2. The highest BCUT2D eigenvalue weighted by Gasteiger charge is 1.94. The Bertz CT molecular complexity index is 200. The molecule has 0 aromatic heterocycles. The van der Waals surface area contributed by atoms with Crippen molar-refractivity contribution in [2.24, 2.45) is 9.98 Å². The van der Waals surface area contributed by atoms with E-state index in [0.29, 0.717) is 0 Å². The molecule has 11 heavy (non-hydrogen) atoms. The molecule has 0 bridgehead atoms. The van der Waals surface area contributed by atoms with Crippen molar-refractivity contribution in [2.45, 2.75) is 27.2 Å². The Balaban J connectivity index is 4.29. The third kappa shape index (κ3) is 3.71. The summed E-state index contributed by atoms with van der Waals surface area (Å²) < 4.78 is 0. The molecule has 0 aliphatic carbocycles. The van der Waals surface area contributed by atoms with Gasteiger partial charge >= 0.3 is 0 Å². The molecule has 0 amide bonds. The highest BCUT2D eigenvalue weighted by atomic mass is 14.8. The highest BCUT2D eigenvalue weighted by molar-refractivity contribution is 6.00. The Labute approximate surface area is 68.8 Å². The van der Waals surface area contributed by atoms with Crippen LogP contribution in [0.2, 0.25) is 0 Å². The monoisotopic (exact) mass is 152 g/mol. The molecule has 0 saturated carbocycles. The van der Waals surface area contributed by atoms with Crippen molar-refractivity contribution >= 4 is 11.4 Å². The largest absolute Gasteiger partial charge is 0.291 e. The molecule has 0 atom stereocenters. The average molecular weight is 152 g/mol. The van der Waals surface area contributed by atoms with Crippen molar-refractivity contribution in [3.05, 3.63) is 12.3 Å². The van der Waals surface area contributed by atoms with Gasteiger partial charge in [-0.05, 0) is 20.3 Å². The number of aliphatic imine (C=N–C) groups is 2. The smallest absolute Gasteiger partial charge is 0.0764 e. The van der Waals surface area contributed by atoms with Gasteiger partial charge in [0.15, 0.2) is 0 Å². The minimum Gasteiger partial charge on any atom is -0.291 e. The molecule has 0 fully saturated rings.